The van der Waals surface area contributed by atoms with Crippen LogP contribution in [0.4, 0.5) is 0 Å². The van der Waals surface area contributed by atoms with Gasteiger partial charge in [-0.1, -0.05) is 0 Å². The standard InChI is InChI=1S/C8H9O2.ClH.Zn/c1-9-7-10-8-5-3-2-4-6-8;;/h2-3,5-6H,7H2,1H3;1H;/q-1;;+2/p-1. The van der Waals surface area contributed by atoms with E-state index in [4.69, 9.17) is 19.2 Å². The van der Waals surface area contributed by atoms with E-state index >= 15 is 0 Å². The molecular weight excluding hydrogens is 229 g/mol. The molecule has 0 aromatic heterocycles. The molecule has 1 aromatic rings. The van der Waals surface area contributed by atoms with Crippen molar-refractivity contribution >= 4 is 9.69 Å². The average Bonchev–Trinajstić information content (AvgIpc) is 2.19. The van der Waals surface area contributed by atoms with Gasteiger partial charge in [-0.3, -0.25) is 0 Å². The minimum absolute atomic E-state index is 0.290. The van der Waals surface area contributed by atoms with E-state index in [0.717, 1.165) is 23.1 Å². The molecule has 0 radical (unpaired) electrons. The average molecular weight is 238 g/mol. The normalized spacial score (nSPS) is 8.33. The second-order valence-electron chi connectivity index (χ2n) is 1.79. The molecule has 0 amide bonds. The summed E-state index contributed by atoms with van der Waals surface area (Å²) in [6.07, 6.45) is 0. The number of halogens is 1. The van der Waals surface area contributed by atoms with Crippen LogP contribution < -0.4 is 4.74 Å². The van der Waals surface area contributed by atoms with Crippen LogP contribution in [0.15, 0.2) is 24.3 Å². The number of hydrogen-bond donors (Lipinski definition) is 0. The number of methoxy groups -OCH3 is 1. The van der Waals surface area contributed by atoms with Crippen LogP contribution in [0.2, 0.25) is 0 Å². The van der Waals surface area contributed by atoms with Gasteiger partial charge in [0.05, 0.1) is 0 Å². The molecular formula is C8H9ClO2Zn. The molecule has 4 heteroatoms. The molecule has 0 N–H and O–H groups in total. The monoisotopic (exact) mass is 236 g/mol. The van der Waals surface area contributed by atoms with Crippen molar-refractivity contribution in [1.82, 2.24) is 0 Å². The van der Waals surface area contributed by atoms with E-state index in [1.54, 1.807) is 13.2 Å². The molecule has 1 rings (SSSR count). The zero-order valence-electron chi connectivity index (χ0n) is 6.92. The molecule has 0 saturated carbocycles. The predicted molar refractivity (Wildman–Crippen MR) is 43.6 cm³/mol. The van der Waals surface area contributed by atoms with Gasteiger partial charge in [-0.25, -0.2) is 0 Å². The molecule has 0 spiro atoms. The fraction of sp³-hybridized carbons (Fsp3) is 0.250. The summed E-state index contributed by atoms with van der Waals surface area (Å²) in [6.45, 7) is 0.290. The summed E-state index contributed by atoms with van der Waals surface area (Å²) in [6, 6.07) is 10.2. The molecule has 0 heterocycles. The van der Waals surface area contributed by atoms with Crippen LogP contribution in [-0.4, -0.2) is 13.9 Å². The molecule has 0 saturated heterocycles. The first-order valence-electron chi connectivity index (χ1n) is 3.28. The van der Waals surface area contributed by atoms with Crippen molar-refractivity contribution in [1.29, 1.82) is 0 Å². The summed E-state index contributed by atoms with van der Waals surface area (Å²) in [4.78, 5) is 0. The van der Waals surface area contributed by atoms with E-state index in [9.17, 15) is 0 Å². The molecule has 0 fully saturated rings. The van der Waals surface area contributed by atoms with Crippen LogP contribution in [0.25, 0.3) is 0 Å². The zero-order valence-corrected chi connectivity index (χ0v) is 10.6. The van der Waals surface area contributed by atoms with E-state index < -0.39 is 0 Å². The van der Waals surface area contributed by atoms with Crippen LogP contribution >= 0.6 is 9.69 Å². The Morgan fingerprint density at radius 2 is 2.33 bits per heavy atom. The molecule has 0 aliphatic heterocycles. The predicted octanol–water partition coefficient (Wildman–Crippen LogP) is 2.16. The molecule has 0 atom stereocenters. The minimum atomic E-state index is 0.290. The van der Waals surface area contributed by atoms with Gasteiger partial charge in [0.2, 0.25) is 0 Å². The van der Waals surface area contributed by atoms with Crippen LogP contribution in [0.3, 0.4) is 0 Å². The number of rotatable bonds is 3. The van der Waals surface area contributed by atoms with Gasteiger partial charge in [0, 0.05) is 12.9 Å². The van der Waals surface area contributed by atoms with E-state index in [2.05, 4.69) is 6.07 Å². The van der Waals surface area contributed by atoms with Gasteiger partial charge in [-0.2, -0.15) is 18.2 Å². The second kappa shape index (κ2) is 8.99. The molecule has 2 nitrogen and oxygen atoms in total. The maximum atomic E-state index is 5.10. The Kier molecular flexibility index (Phi) is 8.91. The fourth-order valence-corrected chi connectivity index (χ4v) is 0.594. The summed E-state index contributed by atoms with van der Waals surface area (Å²) < 4.78 is 9.81. The fourth-order valence-electron chi connectivity index (χ4n) is 0.594. The number of benzene rings is 1. The van der Waals surface area contributed by atoms with Gasteiger partial charge in [-0.15, -0.1) is 12.1 Å². The van der Waals surface area contributed by atoms with Crippen molar-refractivity contribution in [2.24, 2.45) is 0 Å². The van der Waals surface area contributed by atoms with E-state index in [1.807, 2.05) is 18.2 Å². The summed E-state index contributed by atoms with van der Waals surface area (Å²) in [5.41, 5.74) is 0. The summed E-state index contributed by atoms with van der Waals surface area (Å²) in [5, 5.41) is 0. The first-order valence-corrected chi connectivity index (χ1v) is 7.18. The van der Waals surface area contributed by atoms with Gasteiger partial charge in [0.1, 0.15) is 0 Å². The maximum absolute atomic E-state index is 5.10. The van der Waals surface area contributed by atoms with Crippen molar-refractivity contribution in [2.45, 2.75) is 0 Å². The third kappa shape index (κ3) is 5.53. The first-order chi connectivity index (χ1) is 5.93. The van der Waals surface area contributed by atoms with E-state index in [0.29, 0.717) is 0 Å². The second-order valence-corrected chi connectivity index (χ2v) is 1.79. The van der Waals surface area contributed by atoms with Crippen LogP contribution in [0, 0.1) is 6.07 Å². The Morgan fingerprint density at radius 1 is 1.58 bits per heavy atom. The summed E-state index contributed by atoms with van der Waals surface area (Å²) in [7, 11) is 6.35. The summed E-state index contributed by atoms with van der Waals surface area (Å²) >= 11 is 0.847. The molecule has 12 heavy (non-hydrogen) atoms. The van der Waals surface area contributed by atoms with E-state index in [1.165, 1.54) is 0 Å². The topological polar surface area (TPSA) is 18.5 Å². The van der Waals surface area contributed by atoms with Gasteiger partial charge < -0.3 is 9.47 Å². The molecule has 0 unspecified atom stereocenters. The van der Waals surface area contributed by atoms with Crippen molar-refractivity contribution in [3.8, 4) is 5.75 Å². The quantitative estimate of drug-likeness (QED) is 0.456. The molecule has 0 bridgehead atoms. The molecule has 62 valence electrons. The Bertz CT molecular complexity index is 182. The SMILES string of the molecule is COCOc1c[c-]ccc1.[Cl][Zn+]. The number of ether oxygens (including phenoxy) is 2. The summed E-state index contributed by atoms with van der Waals surface area (Å²) in [5.74, 6) is 0.782. The number of hydrogen-bond acceptors (Lipinski definition) is 2. The Hall–Kier alpha value is -0.107. The Balaban J connectivity index is 0.000000561. The third-order valence-electron chi connectivity index (χ3n) is 1.02. The van der Waals surface area contributed by atoms with Crippen molar-refractivity contribution < 1.29 is 26.8 Å². The Morgan fingerprint density at radius 3 is 2.83 bits per heavy atom. The molecule has 1 aromatic carbocycles. The van der Waals surface area contributed by atoms with Crippen molar-refractivity contribution in [2.75, 3.05) is 13.9 Å². The third-order valence-corrected chi connectivity index (χ3v) is 1.02. The van der Waals surface area contributed by atoms with Crippen molar-refractivity contribution in [3.05, 3.63) is 30.3 Å². The first kappa shape index (κ1) is 11.9. The Labute approximate surface area is 86.5 Å². The van der Waals surface area contributed by atoms with Gasteiger partial charge in [0.25, 0.3) is 0 Å². The van der Waals surface area contributed by atoms with Crippen LogP contribution in [0.5, 0.6) is 5.75 Å². The zero-order chi connectivity index (χ0) is 9.23. The van der Waals surface area contributed by atoms with Crippen LogP contribution in [0.1, 0.15) is 0 Å². The molecule has 0 aliphatic rings. The van der Waals surface area contributed by atoms with Crippen molar-refractivity contribution in [3.63, 3.8) is 0 Å². The van der Waals surface area contributed by atoms with Gasteiger partial charge >= 0.3 is 27.0 Å². The van der Waals surface area contributed by atoms with Gasteiger partial charge in [-0.05, 0) is 0 Å². The van der Waals surface area contributed by atoms with E-state index in [-0.39, 0.29) is 6.79 Å². The molecule has 0 aliphatic carbocycles. The van der Waals surface area contributed by atoms with Crippen LogP contribution in [-0.2, 0) is 22.0 Å². The van der Waals surface area contributed by atoms with Gasteiger partial charge in [0.15, 0.2) is 6.79 Å².